The third-order valence-corrected chi connectivity index (χ3v) is 6.75. The molecule has 0 aliphatic carbocycles. The van der Waals surface area contributed by atoms with Gasteiger partial charge in [-0.2, -0.15) is 0 Å². The Balaban J connectivity index is 1.40. The van der Waals surface area contributed by atoms with Crippen LogP contribution in [0, 0.1) is 0 Å². The number of nitrogens with zero attached hydrogens (tertiary/aromatic N) is 2. The van der Waals surface area contributed by atoms with E-state index in [4.69, 9.17) is 8.83 Å². The van der Waals surface area contributed by atoms with E-state index >= 15 is 0 Å². The minimum atomic E-state index is -0.511. The van der Waals surface area contributed by atoms with E-state index in [-0.39, 0.29) is 11.8 Å². The lowest BCUT2D eigenvalue weighted by Crippen LogP contribution is -2.42. The Morgan fingerprint density at radius 1 is 1.10 bits per heavy atom. The lowest BCUT2D eigenvalue weighted by Gasteiger charge is -2.22. The van der Waals surface area contributed by atoms with Gasteiger partial charge >= 0.3 is 0 Å². The van der Waals surface area contributed by atoms with Crippen molar-refractivity contribution in [2.45, 2.75) is 18.9 Å². The van der Waals surface area contributed by atoms with E-state index in [0.717, 1.165) is 11.3 Å². The third kappa shape index (κ3) is 3.46. The lowest BCUT2D eigenvalue weighted by molar-refractivity contribution is -0.119. The van der Waals surface area contributed by atoms with Gasteiger partial charge < -0.3 is 19.1 Å². The van der Waals surface area contributed by atoms with Crippen LogP contribution in [0.5, 0.6) is 0 Å². The first-order valence-corrected chi connectivity index (χ1v) is 11.1. The van der Waals surface area contributed by atoms with E-state index in [0.29, 0.717) is 40.2 Å². The molecule has 0 saturated carbocycles. The molecule has 0 aromatic carbocycles. The minimum absolute atomic E-state index is 0.102. The zero-order chi connectivity index (χ0) is 20.5. The number of nitrogens with one attached hydrogen (secondary N) is 1. The van der Waals surface area contributed by atoms with Crippen molar-refractivity contribution in [2.75, 3.05) is 11.9 Å². The van der Waals surface area contributed by atoms with Gasteiger partial charge in [-0.05, 0) is 48.6 Å². The van der Waals surface area contributed by atoms with Gasteiger partial charge in [0.15, 0.2) is 10.9 Å². The summed E-state index contributed by atoms with van der Waals surface area (Å²) in [6, 6.07) is 10.3. The number of carbonyl (C=O) groups excluding carboxylic acids is 2. The Morgan fingerprint density at radius 3 is 2.60 bits per heavy atom. The predicted octanol–water partition coefficient (Wildman–Crippen LogP) is 4.97. The highest BCUT2D eigenvalue weighted by molar-refractivity contribution is 7.19. The Labute approximate surface area is 180 Å². The predicted molar refractivity (Wildman–Crippen MR) is 115 cm³/mol. The summed E-state index contributed by atoms with van der Waals surface area (Å²) in [5, 5.41) is 5.19. The summed E-state index contributed by atoms with van der Waals surface area (Å²) < 4.78 is 11.0. The standard InChI is InChI=1S/C21H17N3O4S2/c25-19(13-5-1-9-24(13)20(26)16-8-4-12-29-16)23-21-22-17(14-6-2-10-27-14)18(30-21)15-7-3-11-28-15/h2-4,6-8,10-13H,1,5,9H2,(H,22,23,25). The molecule has 0 spiro atoms. The van der Waals surface area contributed by atoms with Crippen LogP contribution in [-0.4, -0.2) is 34.3 Å². The normalized spacial score (nSPS) is 16.1. The monoisotopic (exact) mass is 439 g/mol. The largest absolute Gasteiger partial charge is 0.463 e. The van der Waals surface area contributed by atoms with E-state index in [1.165, 1.54) is 22.7 Å². The van der Waals surface area contributed by atoms with Crippen molar-refractivity contribution in [1.29, 1.82) is 0 Å². The number of hydrogen-bond donors (Lipinski definition) is 1. The molecule has 1 fully saturated rings. The van der Waals surface area contributed by atoms with Crippen molar-refractivity contribution in [3.05, 3.63) is 59.2 Å². The first-order valence-electron chi connectivity index (χ1n) is 9.44. The zero-order valence-electron chi connectivity index (χ0n) is 15.7. The number of carbonyl (C=O) groups is 2. The number of rotatable bonds is 5. The first kappa shape index (κ1) is 18.8. The van der Waals surface area contributed by atoms with Gasteiger partial charge in [-0.3, -0.25) is 9.59 Å². The molecule has 0 bridgehead atoms. The van der Waals surface area contributed by atoms with Crippen LogP contribution in [0.2, 0.25) is 0 Å². The van der Waals surface area contributed by atoms with Gasteiger partial charge in [0.1, 0.15) is 22.4 Å². The molecular weight excluding hydrogens is 422 g/mol. The molecule has 2 amide bonds. The van der Waals surface area contributed by atoms with Crippen molar-refractivity contribution in [1.82, 2.24) is 9.88 Å². The SMILES string of the molecule is O=C(Nc1nc(-c2ccco2)c(-c2ccco2)s1)C1CCCN1C(=O)c1cccs1. The van der Waals surface area contributed by atoms with E-state index in [2.05, 4.69) is 10.3 Å². The molecule has 9 heteroatoms. The van der Waals surface area contributed by atoms with Crippen molar-refractivity contribution >= 4 is 39.6 Å². The van der Waals surface area contributed by atoms with Crippen molar-refractivity contribution in [3.8, 4) is 22.1 Å². The summed E-state index contributed by atoms with van der Waals surface area (Å²) in [6.45, 7) is 0.571. The Kier molecular flexibility index (Phi) is 4.97. The van der Waals surface area contributed by atoms with Gasteiger partial charge in [0.05, 0.1) is 17.4 Å². The topological polar surface area (TPSA) is 88.6 Å². The smallest absolute Gasteiger partial charge is 0.264 e. The van der Waals surface area contributed by atoms with Crippen LogP contribution >= 0.6 is 22.7 Å². The van der Waals surface area contributed by atoms with E-state index in [1.54, 1.807) is 35.6 Å². The van der Waals surface area contributed by atoms with E-state index in [1.807, 2.05) is 23.6 Å². The number of thiazole rings is 1. The van der Waals surface area contributed by atoms with Crippen molar-refractivity contribution in [2.24, 2.45) is 0 Å². The summed E-state index contributed by atoms with van der Waals surface area (Å²) in [7, 11) is 0. The molecule has 1 aliphatic heterocycles. The van der Waals surface area contributed by atoms with Gasteiger partial charge in [0, 0.05) is 6.54 Å². The molecule has 5 rings (SSSR count). The molecule has 1 unspecified atom stereocenters. The summed E-state index contributed by atoms with van der Waals surface area (Å²) in [6.07, 6.45) is 4.59. The van der Waals surface area contributed by atoms with Crippen LogP contribution < -0.4 is 5.32 Å². The average molecular weight is 440 g/mol. The Morgan fingerprint density at radius 2 is 1.90 bits per heavy atom. The number of aromatic nitrogens is 1. The number of furan rings is 2. The third-order valence-electron chi connectivity index (χ3n) is 4.91. The molecule has 30 heavy (non-hydrogen) atoms. The number of hydrogen-bond acceptors (Lipinski definition) is 7. The number of amides is 2. The Bertz CT molecular complexity index is 1100. The fourth-order valence-electron chi connectivity index (χ4n) is 3.54. The van der Waals surface area contributed by atoms with E-state index in [9.17, 15) is 9.59 Å². The molecule has 152 valence electrons. The maximum absolute atomic E-state index is 13.0. The quantitative estimate of drug-likeness (QED) is 0.474. The summed E-state index contributed by atoms with van der Waals surface area (Å²) in [4.78, 5) is 33.4. The summed E-state index contributed by atoms with van der Waals surface area (Å²) >= 11 is 2.70. The molecular formula is C21H17N3O4S2. The average Bonchev–Trinajstić information content (AvgIpc) is 3.55. The number of likely N-dealkylation sites (tertiary alicyclic amines) is 1. The van der Waals surface area contributed by atoms with Gasteiger partial charge in [-0.15, -0.1) is 11.3 Å². The minimum Gasteiger partial charge on any atom is -0.463 e. The molecule has 1 aliphatic rings. The van der Waals surface area contributed by atoms with Gasteiger partial charge in [-0.25, -0.2) is 4.98 Å². The van der Waals surface area contributed by atoms with Crippen LogP contribution in [-0.2, 0) is 4.79 Å². The van der Waals surface area contributed by atoms with Crippen LogP contribution in [0.15, 0.2) is 63.1 Å². The zero-order valence-corrected chi connectivity index (χ0v) is 17.4. The second kappa shape index (κ2) is 7.92. The number of anilines is 1. The summed E-state index contributed by atoms with van der Waals surface area (Å²) in [5.74, 6) is 0.903. The maximum Gasteiger partial charge on any atom is 0.264 e. The molecule has 1 saturated heterocycles. The van der Waals surface area contributed by atoms with Crippen molar-refractivity contribution in [3.63, 3.8) is 0 Å². The van der Waals surface area contributed by atoms with Gasteiger partial charge in [0.2, 0.25) is 5.91 Å². The fraction of sp³-hybridized carbons (Fsp3) is 0.190. The van der Waals surface area contributed by atoms with Gasteiger partial charge in [0.25, 0.3) is 5.91 Å². The molecule has 4 aromatic rings. The Hall–Kier alpha value is -3.17. The first-order chi connectivity index (χ1) is 14.7. The molecule has 1 atom stereocenters. The summed E-state index contributed by atoms with van der Waals surface area (Å²) in [5.41, 5.74) is 0.605. The number of thiophene rings is 1. The lowest BCUT2D eigenvalue weighted by atomic mass is 10.2. The second-order valence-corrected chi connectivity index (χ2v) is 8.72. The van der Waals surface area contributed by atoms with Crippen LogP contribution in [0.3, 0.4) is 0 Å². The van der Waals surface area contributed by atoms with Crippen LogP contribution in [0.25, 0.3) is 22.1 Å². The molecule has 1 N–H and O–H groups in total. The van der Waals surface area contributed by atoms with Crippen molar-refractivity contribution < 1.29 is 18.4 Å². The van der Waals surface area contributed by atoms with Crippen LogP contribution in [0.4, 0.5) is 5.13 Å². The highest BCUT2D eigenvalue weighted by atomic mass is 32.1. The highest BCUT2D eigenvalue weighted by Gasteiger charge is 2.35. The molecule has 7 nitrogen and oxygen atoms in total. The highest BCUT2D eigenvalue weighted by Crippen LogP contribution is 2.39. The van der Waals surface area contributed by atoms with Gasteiger partial charge in [-0.1, -0.05) is 17.4 Å². The molecule has 4 aromatic heterocycles. The second-order valence-electron chi connectivity index (χ2n) is 6.77. The molecule has 5 heterocycles. The maximum atomic E-state index is 13.0. The molecule has 0 radical (unpaired) electrons. The van der Waals surface area contributed by atoms with E-state index < -0.39 is 6.04 Å². The fourth-order valence-corrected chi connectivity index (χ4v) is 5.16. The van der Waals surface area contributed by atoms with Crippen LogP contribution in [0.1, 0.15) is 22.5 Å².